The molecule has 0 amide bonds. The number of esters is 1. The van der Waals surface area contributed by atoms with Crippen LogP contribution in [0.15, 0.2) is 0 Å². The molecule has 0 aromatic heterocycles. The number of carbonyl (C=O) groups is 1. The van der Waals surface area contributed by atoms with E-state index in [1.807, 2.05) is 0 Å². The van der Waals surface area contributed by atoms with Crippen molar-refractivity contribution in [2.75, 3.05) is 6.61 Å². The number of hydrogen-bond donors (Lipinski definition) is 0. The summed E-state index contributed by atoms with van der Waals surface area (Å²) in [7, 11) is 0. The average Bonchev–Trinajstić information content (AvgIpc) is 3.31. The Labute approximate surface area is 114 Å². The molecule has 0 aromatic rings. The highest BCUT2D eigenvalue weighted by molar-refractivity contribution is 5.72. The molecule has 3 aliphatic rings. The van der Waals surface area contributed by atoms with E-state index in [9.17, 15) is 4.79 Å². The molecule has 5 atom stereocenters. The minimum absolute atomic E-state index is 0.0111. The standard InChI is InChI=1S/C15H24O4/c1-2-11-12(18-11)5-3-4-8-17-15(16)10-6-7-13-14(9-10)19-13/h10-14H,2-9H2,1H3. The van der Waals surface area contributed by atoms with Gasteiger partial charge in [-0.05, 0) is 44.9 Å². The third kappa shape index (κ3) is 3.48. The van der Waals surface area contributed by atoms with Crippen molar-refractivity contribution in [2.24, 2.45) is 5.92 Å². The Kier molecular flexibility index (Phi) is 4.08. The Morgan fingerprint density at radius 3 is 2.79 bits per heavy atom. The molecular weight excluding hydrogens is 244 g/mol. The molecule has 1 saturated carbocycles. The summed E-state index contributed by atoms with van der Waals surface area (Å²) in [5.74, 6) is 0.0723. The van der Waals surface area contributed by atoms with E-state index in [4.69, 9.17) is 14.2 Å². The monoisotopic (exact) mass is 268 g/mol. The second-order valence-electron chi connectivity index (χ2n) is 6.01. The van der Waals surface area contributed by atoms with Gasteiger partial charge in [-0.3, -0.25) is 4.79 Å². The molecule has 0 bridgehead atoms. The molecule has 5 unspecified atom stereocenters. The van der Waals surface area contributed by atoms with Gasteiger partial charge in [-0.15, -0.1) is 0 Å². The van der Waals surface area contributed by atoms with Crippen LogP contribution in [0, 0.1) is 5.92 Å². The molecule has 2 saturated heterocycles. The summed E-state index contributed by atoms with van der Waals surface area (Å²) < 4.78 is 16.3. The van der Waals surface area contributed by atoms with Gasteiger partial charge in [0, 0.05) is 0 Å². The van der Waals surface area contributed by atoms with Crippen LogP contribution in [0.5, 0.6) is 0 Å². The van der Waals surface area contributed by atoms with Crippen molar-refractivity contribution in [1.82, 2.24) is 0 Å². The minimum atomic E-state index is -0.0111. The van der Waals surface area contributed by atoms with Gasteiger partial charge in [0.25, 0.3) is 0 Å². The van der Waals surface area contributed by atoms with E-state index in [0.717, 1.165) is 44.9 Å². The van der Waals surface area contributed by atoms with Crippen LogP contribution in [0.25, 0.3) is 0 Å². The summed E-state index contributed by atoms with van der Waals surface area (Å²) in [4.78, 5) is 11.9. The highest BCUT2D eigenvalue weighted by atomic mass is 16.6. The Hall–Kier alpha value is -0.610. The van der Waals surface area contributed by atoms with Crippen molar-refractivity contribution >= 4 is 5.97 Å². The lowest BCUT2D eigenvalue weighted by atomic mass is 9.89. The number of rotatable bonds is 7. The largest absolute Gasteiger partial charge is 0.465 e. The molecule has 19 heavy (non-hydrogen) atoms. The molecule has 0 spiro atoms. The van der Waals surface area contributed by atoms with Gasteiger partial charge in [0.05, 0.1) is 36.9 Å². The van der Waals surface area contributed by atoms with Crippen molar-refractivity contribution in [3.05, 3.63) is 0 Å². The number of fused-ring (bicyclic) bond motifs is 1. The first kappa shape index (κ1) is 13.4. The fourth-order valence-corrected chi connectivity index (χ4v) is 3.15. The second kappa shape index (κ2) is 5.80. The second-order valence-corrected chi connectivity index (χ2v) is 6.01. The van der Waals surface area contributed by atoms with E-state index in [-0.39, 0.29) is 11.9 Å². The molecule has 0 N–H and O–H groups in total. The van der Waals surface area contributed by atoms with Crippen LogP contribution >= 0.6 is 0 Å². The first-order chi connectivity index (χ1) is 9.28. The zero-order chi connectivity index (χ0) is 13.2. The van der Waals surface area contributed by atoms with Gasteiger partial charge < -0.3 is 14.2 Å². The highest BCUT2D eigenvalue weighted by Gasteiger charge is 2.46. The van der Waals surface area contributed by atoms with E-state index in [2.05, 4.69) is 6.92 Å². The molecule has 3 fully saturated rings. The van der Waals surface area contributed by atoms with E-state index in [1.54, 1.807) is 0 Å². The molecule has 108 valence electrons. The van der Waals surface area contributed by atoms with Crippen LogP contribution in [-0.2, 0) is 19.0 Å². The molecule has 1 aliphatic carbocycles. The smallest absolute Gasteiger partial charge is 0.309 e. The summed E-state index contributed by atoms with van der Waals surface area (Å²) in [6, 6.07) is 0. The number of unbranched alkanes of at least 4 members (excludes halogenated alkanes) is 1. The average molecular weight is 268 g/mol. The SMILES string of the molecule is CCC1OC1CCCCOC(=O)C1CCC2OC2C1. The van der Waals surface area contributed by atoms with Crippen molar-refractivity contribution in [2.45, 2.75) is 76.3 Å². The predicted octanol–water partition coefficient (Wildman–Crippen LogP) is 2.44. The van der Waals surface area contributed by atoms with E-state index >= 15 is 0 Å². The van der Waals surface area contributed by atoms with Crippen molar-refractivity contribution in [1.29, 1.82) is 0 Å². The number of epoxide rings is 2. The van der Waals surface area contributed by atoms with Crippen LogP contribution in [0.4, 0.5) is 0 Å². The van der Waals surface area contributed by atoms with Crippen molar-refractivity contribution in [3.8, 4) is 0 Å². The minimum Gasteiger partial charge on any atom is -0.465 e. The van der Waals surface area contributed by atoms with Crippen LogP contribution in [-0.4, -0.2) is 37.0 Å². The van der Waals surface area contributed by atoms with Gasteiger partial charge in [0.1, 0.15) is 0 Å². The lowest BCUT2D eigenvalue weighted by Crippen LogP contribution is -2.24. The fraction of sp³-hybridized carbons (Fsp3) is 0.933. The quantitative estimate of drug-likeness (QED) is 0.404. The summed E-state index contributed by atoms with van der Waals surface area (Å²) in [6.45, 7) is 2.72. The number of carbonyl (C=O) groups excluding carboxylic acids is 1. The molecule has 4 nitrogen and oxygen atoms in total. The maximum absolute atomic E-state index is 11.9. The molecule has 0 aromatic carbocycles. The molecule has 2 heterocycles. The Morgan fingerprint density at radius 1 is 1.16 bits per heavy atom. The topological polar surface area (TPSA) is 51.4 Å². The Balaban J connectivity index is 1.22. The highest BCUT2D eigenvalue weighted by Crippen LogP contribution is 2.39. The van der Waals surface area contributed by atoms with Crippen LogP contribution in [0.3, 0.4) is 0 Å². The van der Waals surface area contributed by atoms with Crippen molar-refractivity contribution < 1.29 is 19.0 Å². The lowest BCUT2D eigenvalue weighted by molar-refractivity contribution is -0.149. The first-order valence-corrected chi connectivity index (χ1v) is 7.75. The Morgan fingerprint density at radius 2 is 2.05 bits per heavy atom. The van der Waals surface area contributed by atoms with Gasteiger partial charge in [-0.1, -0.05) is 6.92 Å². The van der Waals surface area contributed by atoms with Crippen LogP contribution in [0.2, 0.25) is 0 Å². The van der Waals surface area contributed by atoms with Gasteiger partial charge in [-0.2, -0.15) is 0 Å². The summed E-state index contributed by atoms with van der Waals surface area (Å²) >= 11 is 0. The fourth-order valence-electron chi connectivity index (χ4n) is 3.15. The maximum Gasteiger partial charge on any atom is 0.309 e. The third-order valence-electron chi connectivity index (χ3n) is 4.55. The first-order valence-electron chi connectivity index (χ1n) is 7.75. The Bertz CT molecular complexity index is 330. The molecule has 0 radical (unpaired) electrons. The van der Waals surface area contributed by atoms with Crippen LogP contribution in [0.1, 0.15) is 51.9 Å². The van der Waals surface area contributed by atoms with Crippen LogP contribution < -0.4 is 0 Å². The van der Waals surface area contributed by atoms with E-state index < -0.39 is 0 Å². The van der Waals surface area contributed by atoms with Gasteiger partial charge in [0.2, 0.25) is 0 Å². The molecule has 3 rings (SSSR count). The lowest BCUT2D eigenvalue weighted by Gasteiger charge is -2.17. The van der Waals surface area contributed by atoms with Gasteiger partial charge in [0.15, 0.2) is 0 Å². The molecular formula is C15H24O4. The summed E-state index contributed by atoms with van der Waals surface area (Å²) in [6.07, 6.45) is 8.89. The number of hydrogen-bond acceptors (Lipinski definition) is 4. The predicted molar refractivity (Wildman–Crippen MR) is 69.8 cm³/mol. The van der Waals surface area contributed by atoms with Crippen molar-refractivity contribution in [3.63, 3.8) is 0 Å². The summed E-state index contributed by atoms with van der Waals surface area (Å²) in [5.41, 5.74) is 0. The zero-order valence-electron chi connectivity index (χ0n) is 11.7. The molecule has 2 aliphatic heterocycles. The number of ether oxygens (including phenoxy) is 3. The third-order valence-corrected chi connectivity index (χ3v) is 4.55. The molecule has 4 heteroatoms. The van der Waals surface area contributed by atoms with E-state index in [1.165, 1.54) is 0 Å². The zero-order valence-corrected chi connectivity index (χ0v) is 11.7. The summed E-state index contributed by atoms with van der Waals surface area (Å²) in [5, 5.41) is 0. The maximum atomic E-state index is 11.9. The van der Waals surface area contributed by atoms with Gasteiger partial charge in [-0.25, -0.2) is 0 Å². The normalized spacial score (nSPS) is 39.5. The van der Waals surface area contributed by atoms with E-state index in [0.29, 0.717) is 31.0 Å². The van der Waals surface area contributed by atoms with Gasteiger partial charge >= 0.3 is 5.97 Å².